The average Bonchev–Trinajstić information content (AvgIpc) is 2.93. The Morgan fingerprint density at radius 3 is 2.36 bits per heavy atom. The van der Waals surface area contributed by atoms with Crippen molar-refractivity contribution in [1.29, 1.82) is 0 Å². The monoisotopic (exact) mass is 571 g/mol. The minimum absolute atomic E-state index is 0.0173. The third-order valence-electron chi connectivity index (χ3n) is 6.19. The number of rotatable bonds is 12. The van der Waals surface area contributed by atoms with Gasteiger partial charge in [0.1, 0.15) is 18.3 Å². The molecule has 0 aliphatic carbocycles. The number of methoxy groups -OCH3 is 1. The van der Waals surface area contributed by atoms with Crippen LogP contribution in [0.1, 0.15) is 31.4 Å². The van der Waals surface area contributed by atoms with Crippen LogP contribution in [0.15, 0.2) is 77.7 Å². The Morgan fingerprint density at radius 2 is 1.74 bits per heavy atom. The molecular weight excluding hydrogens is 538 g/mol. The Kier molecular flexibility index (Phi) is 10.4. The van der Waals surface area contributed by atoms with Crippen molar-refractivity contribution in [2.75, 3.05) is 24.5 Å². The van der Waals surface area contributed by atoms with Gasteiger partial charge in [0.05, 0.1) is 22.7 Å². The molecule has 2 amide bonds. The highest BCUT2D eigenvalue weighted by molar-refractivity contribution is 7.92. The molecule has 10 heteroatoms. The Balaban J connectivity index is 2.04. The predicted molar refractivity (Wildman–Crippen MR) is 153 cm³/mol. The molecular formula is C29H34ClN3O5S. The van der Waals surface area contributed by atoms with Crippen LogP contribution in [0.5, 0.6) is 5.75 Å². The second-order valence-corrected chi connectivity index (χ2v) is 11.4. The molecule has 8 nitrogen and oxygen atoms in total. The minimum Gasteiger partial charge on any atom is -0.495 e. The summed E-state index contributed by atoms with van der Waals surface area (Å²) >= 11 is 6.34. The van der Waals surface area contributed by atoms with E-state index in [9.17, 15) is 18.0 Å². The zero-order valence-electron chi connectivity index (χ0n) is 22.6. The minimum atomic E-state index is -4.17. The number of ether oxygens (including phenoxy) is 1. The standard InChI is InChI=1S/C29H34ClN3O5S/c1-5-16-31-29(35)22(3)32(19-23-11-9-10-21(2)17-23)28(34)20-33(24-14-15-27(38-4)26(30)18-24)39(36,37)25-12-7-6-8-13-25/h6-15,17-18,22H,5,16,19-20H2,1-4H3,(H,31,35)/t22-/m0/s1. The van der Waals surface area contributed by atoms with E-state index in [1.165, 1.54) is 36.3 Å². The van der Waals surface area contributed by atoms with E-state index >= 15 is 0 Å². The summed E-state index contributed by atoms with van der Waals surface area (Å²) in [5, 5.41) is 3.02. The molecule has 0 aromatic heterocycles. The molecule has 0 radical (unpaired) electrons. The van der Waals surface area contributed by atoms with Gasteiger partial charge < -0.3 is 15.0 Å². The van der Waals surface area contributed by atoms with Crippen molar-refractivity contribution >= 4 is 39.1 Å². The number of carbonyl (C=O) groups excluding carboxylic acids is 2. The van der Waals surface area contributed by atoms with Gasteiger partial charge in [0, 0.05) is 13.1 Å². The highest BCUT2D eigenvalue weighted by Crippen LogP contribution is 2.32. The van der Waals surface area contributed by atoms with Gasteiger partial charge in [-0.2, -0.15) is 0 Å². The fourth-order valence-electron chi connectivity index (χ4n) is 4.04. The molecule has 39 heavy (non-hydrogen) atoms. The van der Waals surface area contributed by atoms with E-state index in [0.29, 0.717) is 12.3 Å². The lowest BCUT2D eigenvalue weighted by Crippen LogP contribution is -2.51. The molecule has 0 bridgehead atoms. The van der Waals surface area contributed by atoms with Crippen LogP contribution >= 0.6 is 11.6 Å². The van der Waals surface area contributed by atoms with Crippen LogP contribution in [-0.2, 0) is 26.2 Å². The first kappa shape index (κ1) is 30.0. The van der Waals surface area contributed by atoms with Gasteiger partial charge in [-0.15, -0.1) is 0 Å². The van der Waals surface area contributed by atoms with Crippen molar-refractivity contribution in [1.82, 2.24) is 10.2 Å². The normalized spacial score (nSPS) is 11.9. The molecule has 0 aliphatic heterocycles. The molecule has 3 aromatic carbocycles. The van der Waals surface area contributed by atoms with Gasteiger partial charge in [-0.05, 0) is 56.2 Å². The van der Waals surface area contributed by atoms with Gasteiger partial charge in [0.2, 0.25) is 11.8 Å². The number of carbonyl (C=O) groups is 2. The summed E-state index contributed by atoms with van der Waals surface area (Å²) < 4.78 is 33.8. The number of sulfonamides is 1. The number of amides is 2. The fourth-order valence-corrected chi connectivity index (χ4v) is 5.72. The molecule has 1 N–H and O–H groups in total. The van der Waals surface area contributed by atoms with Crippen LogP contribution < -0.4 is 14.4 Å². The van der Waals surface area contributed by atoms with Crippen LogP contribution in [0.2, 0.25) is 5.02 Å². The molecule has 0 fully saturated rings. The average molecular weight is 572 g/mol. The summed E-state index contributed by atoms with van der Waals surface area (Å²) in [6.45, 7) is 5.57. The maximum Gasteiger partial charge on any atom is 0.264 e. The molecule has 1 atom stereocenters. The molecule has 0 unspecified atom stereocenters. The molecule has 0 heterocycles. The van der Waals surface area contributed by atoms with Crippen molar-refractivity contribution in [3.05, 3.63) is 88.9 Å². The first-order valence-corrected chi connectivity index (χ1v) is 14.4. The van der Waals surface area contributed by atoms with E-state index in [-0.39, 0.29) is 28.1 Å². The highest BCUT2D eigenvalue weighted by atomic mass is 35.5. The molecule has 3 rings (SSSR count). The van der Waals surface area contributed by atoms with Gasteiger partial charge in [-0.25, -0.2) is 8.42 Å². The van der Waals surface area contributed by atoms with Crippen LogP contribution in [0, 0.1) is 6.92 Å². The maximum absolute atomic E-state index is 13.9. The number of aryl methyl sites for hydroxylation is 1. The lowest BCUT2D eigenvalue weighted by Gasteiger charge is -2.32. The van der Waals surface area contributed by atoms with Crippen molar-refractivity contribution in [3.8, 4) is 5.75 Å². The summed E-state index contributed by atoms with van der Waals surface area (Å²) in [4.78, 5) is 28.2. The SMILES string of the molecule is CCCNC(=O)[C@H](C)N(Cc1cccc(C)c1)C(=O)CN(c1ccc(OC)c(Cl)c1)S(=O)(=O)c1ccccc1. The van der Waals surface area contributed by atoms with Crippen molar-refractivity contribution in [3.63, 3.8) is 0 Å². The van der Waals surface area contributed by atoms with E-state index < -0.39 is 28.5 Å². The quantitative estimate of drug-likeness (QED) is 0.337. The van der Waals surface area contributed by atoms with E-state index in [0.717, 1.165) is 21.9 Å². The molecule has 0 aliphatic rings. The summed E-state index contributed by atoms with van der Waals surface area (Å²) in [6, 6.07) is 19.1. The van der Waals surface area contributed by atoms with Gasteiger partial charge in [-0.3, -0.25) is 13.9 Å². The van der Waals surface area contributed by atoms with Crippen LogP contribution in [0.25, 0.3) is 0 Å². The van der Waals surface area contributed by atoms with Crippen molar-refractivity contribution in [2.24, 2.45) is 0 Å². The van der Waals surface area contributed by atoms with E-state index in [1.54, 1.807) is 31.2 Å². The Bertz CT molecular complexity index is 1400. The first-order valence-electron chi connectivity index (χ1n) is 12.6. The molecule has 208 valence electrons. The van der Waals surface area contributed by atoms with Gasteiger partial charge in [0.15, 0.2) is 0 Å². The Labute approximate surface area is 235 Å². The van der Waals surface area contributed by atoms with E-state index in [1.807, 2.05) is 38.1 Å². The zero-order valence-corrected chi connectivity index (χ0v) is 24.1. The second kappa shape index (κ2) is 13.5. The van der Waals surface area contributed by atoms with Crippen LogP contribution in [0.3, 0.4) is 0 Å². The van der Waals surface area contributed by atoms with Crippen LogP contribution in [-0.4, -0.2) is 51.4 Å². The Morgan fingerprint density at radius 1 is 1.03 bits per heavy atom. The van der Waals surface area contributed by atoms with Gasteiger partial charge >= 0.3 is 0 Å². The molecule has 0 saturated heterocycles. The predicted octanol–water partition coefficient (Wildman–Crippen LogP) is 4.80. The first-order chi connectivity index (χ1) is 18.6. The summed E-state index contributed by atoms with van der Waals surface area (Å²) in [6.07, 6.45) is 0.742. The van der Waals surface area contributed by atoms with Crippen molar-refractivity contribution in [2.45, 2.75) is 44.7 Å². The Hall–Kier alpha value is -3.56. The number of nitrogens with one attached hydrogen (secondary N) is 1. The second-order valence-electron chi connectivity index (χ2n) is 9.12. The lowest BCUT2D eigenvalue weighted by molar-refractivity contribution is -0.139. The number of anilines is 1. The molecule has 0 spiro atoms. The van der Waals surface area contributed by atoms with Crippen molar-refractivity contribution < 1.29 is 22.7 Å². The smallest absolute Gasteiger partial charge is 0.264 e. The topological polar surface area (TPSA) is 96.0 Å². The summed E-state index contributed by atoms with van der Waals surface area (Å²) in [5.74, 6) is -0.490. The third kappa shape index (κ3) is 7.52. The van der Waals surface area contributed by atoms with Crippen LogP contribution in [0.4, 0.5) is 5.69 Å². The maximum atomic E-state index is 13.9. The largest absolute Gasteiger partial charge is 0.495 e. The summed E-state index contributed by atoms with van der Waals surface area (Å²) in [5.41, 5.74) is 2.02. The highest BCUT2D eigenvalue weighted by Gasteiger charge is 2.32. The zero-order chi connectivity index (χ0) is 28.6. The molecule has 0 saturated carbocycles. The number of nitrogens with zero attached hydrogens (tertiary/aromatic N) is 2. The fraction of sp³-hybridized carbons (Fsp3) is 0.310. The lowest BCUT2D eigenvalue weighted by atomic mass is 10.1. The van der Waals surface area contributed by atoms with Gasteiger partial charge in [0.25, 0.3) is 10.0 Å². The van der Waals surface area contributed by atoms with E-state index in [2.05, 4.69) is 5.32 Å². The number of halogens is 1. The number of benzene rings is 3. The summed E-state index contributed by atoms with van der Waals surface area (Å²) in [7, 11) is -2.72. The number of hydrogen-bond donors (Lipinski definition) is 1. The third-order valence-corrected chi connectivity index (χ3v) is 8.27. The number of hydrogen-bond acceptors (Lipinski definition) is 5. The molecule has 3 aromatic rings. The van der Waals surface area contributed by atoms with E-state index in [4.69, 9.17) is 16.3 Å². The van der Waals surface area contributed by atoms with Gasteiger partial charge in [-0.1, -0.05) is 66.6 Å².